The molecule has 0 spiro atoms. The van der Waals surface area contributed by atoms with E-state index in [1.807, 2.05) is 24.3 Å². The first kappa shape index (κ1) is 15.2. The second-order valence-electron chi connectivity index (χ2n) is 5.45. The average molecular weight is 305 g/mol. The van der Waals surface area contributed by atoms with E-state index >= 15 is 0 Å². The number of carbonyl (C=O) groups excluding carboxylic acids is 1. The Labute approximate surface area is 135 Å². The maximum Gasteiger partial charge on any atom is 0.220 e. The van der Waals surface area contributed by atoms with Gasteiger partial charge in [-0.15, -0.1) is 0 Å². The number of carbonyl (C=O) groups is 1. The Bertz CT molecular complexity index is 781. The van der Waals surface area contributed by atoms with Gasteiger partial charge >= 0.3 is 0 Å². The van der Waals surface area contributed by atoms with Gasteiger partial charge in [0.2, 0.25) is 5.91 Å². The van der Waals surface area contributed by atoms with Crippen molar-refractivity contribution in [2.45, 2.75) is 19.3 Å². The van der Waals surface area contributed by atoms with E-state index in [1.54, 1.807) is 18.6 Å². The molecule has 23 heavy (non-hydrogen) atoms. The number of hydrogen-bond donors (Lipinski definition) is 1. The Hall–Kier alpha value is -2.75. The molecular formula is C19H19N3O. The normalized spacial score (nSPS) is 10.6. The summed E-state index contributed by atoms with van der Waals surface area (Å²) in [5, 5.41) is 4.11. The molecule has 1 N–H and O–H groups in total. The lowest BCUT2D eigenvalue weighted by Gasteiger charge is -2.07. The van der Waals surface area contributed by atoms with Crippen LogP contribution in [0.15, 0.2) is 61.1 Å². The van der Waals surface area contributed by atoms with E-state index in [1.165, 1.54) is 0 Å². The van der Waals surface area contributed by atoms with Gasteiger partial charge in [-0.3, -0.25) is 14.8 Å². The summed E-state index contributed by atoms with van der Waals surface area (Å²) in [6, 6.07) is 14.0. The van der Waals surface area contributed by atoms with E-state index in [2.05, 4.69) is 33.5 Å². The molecule has 0 aliphatic rings. The van der Waals surface area contributed by atoms with Crippen LogP contribution in [0.1, 0.15) is 17.5 Å². The van der Waals surface area contributed by atoms with E-state index in [0.29, 0.717) is 13.0 Å². The Morgan fingerprint density at radius 1 is 1.00 bits per heavy atom. The van der Waals surface area contributed by atoms with Crippen molar-refractivity contribution in [2.75, 3.05) is 6.54 Å². The highest BCUT2D eigenvalue weighted by Crippen LogP contribution is 2.15. The van der Waals surface area contributed by atoms with Crippen molar-refractivity contribution in [3.63, 3.8) is 0 Å². The van der Waals surface area contributed by atoms with Gasteiger partial charge in [0, 0.05) is 36.9 Å². The van der Waals surface area contributed by atoms with Crippen LogP contribution in [0.5, 0.6) is 0 Å². The smallest absolute Gasteiger partial charge is 0.220 e. The second-order valence-corrected chi connectivity index (χ2v) is 5.45. The molecule has 0 aliphatic heterocycles. The van der Waals surface area contributed by atoms with Crippen molar-refractivity contribution in [3.8, 4) is 0 Å². The molecule has 2 aromatic heterocycles. The van der Waals surface area contributed by atoms with Crippen LogP contribution in [-0.2, 0) is 17.6 Å². The summed E-state index contributed by atoms with van der Waals surface area (Å²) >= 11 is 0. The molecule has 0 unspecified atom stereocenters. The molecule has 1 aromatic carbocycles. The fourth-order valence-electron chi connectivity index (χ4n) is 2.60. The third-order valence-electron chi connectivity index (χ3n) is 3.80. The highest BCUT2D eigenvalue weighted by molar-refractivity contribution is 5.81. The van der Waals surface area contributed by atoms with Crippen LogP contribution in [0.4, 0.5) is 0 Å². The van der Waals surface area contributed by atoms with Crippen LogP contribution in [0.3, 0.4) is 0 Å². The van der Waals surface area contributed by atoms with Crippen LogP contribution in [0.2, 0.25) is 0 Å². The van der Waals surface area contributed by atoms with Gasteiger partial charge in [-0.25, -0.2) is 0 Å². The Morgan fingerprint density at radius 2 is 1.87 bits per heavy atom. The molecule has 116 valence electrons. The highest BCUT2D eigenvalue weighted by Gasteiger charge is 2.04. The van der Waals surface area contributed by atoms with Crippen LogP contribution in [-0.4, -0.2) is 22.4 Å². The number of amides is 1. The van der Waals surface area contributed by atoms with Crippen LogP contribution >= 0.6 is 0 Å². The average Bonchev–Trinajstić information content (AvgIpc) is 2.61. The number of pyridine rings is 2. The van der Waals surface area contributed by atoms with E-state index in [9.17, 15) is 4.79 Å². The van der Waals surface area contributed by atoms with Gasteiger partial charge in [-0.05, 0) is 36.1 Å². The summed E-state index contributed by atoms with van der Waals surface area (Å²) in [6.07, 6.45) is 7.33. The van der Waals surface area contributed by atoms with Crippen LogP contribution in [0, 0.1) is 0 Å². The largest absolute Gasteiger partial charge is 0.356 e. The first-order valence-corrected chi connectivity index (χ1v) is 7.81. The summed E-state index contributed by atoms with van der Waals surface area (Å²) in [5.74, 6) is 0.0713. The number of rotatable bonds is 6. The second kappa shape index (κ2) is 7.49. The Balaban J connectivity index is 1.50. The zero-order valence-electron chi connectivity index (χ0n) is 12.9. The zero-order chi connectivity index (χ0) is 15.9. The first-order valence-electron chi connectivity index (χ1n) is 7.81. The minimum absolute atomic E-state index is 0.0713. The van der Waals surface area contributed by atoms with Crippen molar-refractivity contribution in [1.82, 2.24) is 15.3 Å². The number of nitrogens with zero attached hydrogens (tertiary/aromatic N) is 2. The van der Waals surface area contributed by atoms with E-state index < -0.39 is 0 Å². The first-order chi connectivity index (χ1) is 11.3. The lowest BCUT2D eigenvalue weighted by molar-refractivity contribution is -0.121. The number of para-hydroxylation sites is 1. The van der Waals surface area contributed by atoms with Crippen molar-refractivity contribution >= 4 is 16.8 Å². The monoisotopic (exact) mass is 305 g/mol. The van der Waals surface area contributed by atoms with Gasteiger partial charge in [-0.2, -0.15) is 0 Å². The van der Waals surface area contributed by atoms with Crippen molar-refractivity contribution in [2.24, 2.45) is 0 Å². The molecule has 0 fully saturated rings. The van der Waals surface area contributed by atoms with Gasteiger partial charge in [0.05, 0.1) is 5.52 Å². The van der Waals surface area contributed by atoms with E-state index in [-0.39, 0.29) is 5.91 Å². The Morgan fingerprint density at radius 3 is 2.74 bits per heavy atom. The third-order valence-corrected chi connectivity index (χ3v) is 3.80. The van der Waals surface area contributed by atoms with Crippen molar-refractivity contribution < 1.29 is 4.79 Å². The summed E-state index contributed by atoms with van der Waals surface area (Å²) in [5.41, 5.74) is 3.26. The van der Waals surface area contributed by atoms with E-state index in [0.717, 1.165) is 34.9 Å². The number of benzene rings is 1. The molecule has 0 saturated carbocycles. The fourth-order valence-corrected chi connectivity index (χ4v) is 2.60. The number of aryl methyl sites for hydroxylation is 1. The molecule has 4 nitrogen and oxygen atoms in total. The molecular weight excluding hydrogens is 286 g/mol. The predicted octanol–water partition coefficient (Wildman–Crippen LogP) is 2.92. The number of hydrogen-bond acceptors (Lipinski definition) is 3. The minimum Gasteiger partial charge on any atom is -0.356 e. The van der Waals surface area contributed by atoms with Crippen molar-refractivity contribution in [3.05, 3.63) is 72.2 Å². The number of nitrogens with one attached hydrogen (secondary N) is 1. The zero-order valence-corrected chi connectivity index (χ0v) is 12.9. The SMILES string of the molecule is O=C(CCc1cccnc1)NCCc1cccc2cccnc12. The maximum atomic E-state index is 11.9. The van der Waals surface area contributed by atoms with Crippen LogP contribution in [0.25, 0.3) is 10.9 Å². The number of aromatic nitrogens is 2. The van der Waals surface area contributed by atoms with Gasteiger partial charge in [-0.1, -0.05) is 30.3 Å². The molecule has 2 heterocycles. The standard InChI is InChI=1S/C19H19N3O/c23-18(9-8-15-4-2-11-20-14-15)21-13-10-17-6-1-5-16-7-3-12-22-19(16)17/h1-7,11-12,14H,8-10,13H2,(H,21,23). The highest BCUT2D eigenvalue weighted by atomic mass is 16.1. The van der Waals surface area contributed by atoms with E-state index in [4.69, 9.17) is 0 Å². The summed E-state index contributed by atoms with van der Waals surface area (Å²) in [6.45, 7) is 0.627. The molecule has 0 radical (unpaired) electrons. The van der Waals surface area contributed by atoms with Gasteiger partial charge in [0.25, 0.3) is 0 Å². The molecule has 1 amide bonds. The van der Waals surface area contributed by atoms with Crippen molar-refractivity contribution in [1.29, 1.82) is 0 Å². The fraction of sp³-hybridized carbons (Fsp3) is 0.211. The molecule has 3 rings (SSSR count). The quantitative estimate of drug-likeness (QED) is 0.762. The third kappa shape index (κ3) is 4.13. The molecule has 0 bridgehead atoms. The lowest BCUT2D eigenvalue weighted by Crippen LogP contribution is -2.26. The maximum absolute atomic E-state index is 11.9. The van der Waals surface area contributed by atoms with Gasteiger partial charge in [0.15, 0.2) is 0 Å². The molecule has 0 aliphatic carbocycles. The van der Waals surface area contributed by atoms with Gasteiger partial charge < -0.3 is 5.32 Å². The molecule has 3 aromatic rings. The summed E-state index contributed by atoms with van der Waals surface area (Å²) in [7, 11) is 0. The van der Waals surface area contributed by atoms with Gasteiger partial charge in [0.1, 0.15) is 0 Å². The lowest BCUT2D eigenvalue weighted by atomic mass is 10.1. The number of fused-ring (bicyclic) bond motifs is 1. The molecule has 0 atom stereocenters. The minimum atomic E-state index is 0.0713. The summed E-state index contributed by atoms with van der Waals surface area (Å²) < 4.78 is 0. The Kier molecular flexibility index (Phi) is 4.94. The molecule has 4 heteroatoms. The molecule has 0 saturated heterocycles. The topological polar surface area (TPSA) is 54.9 Å². The van der Waals surface area contributed by atoms with Crippen LogP contribution < -0.4 is 5.32 Å². The summed E-state index contributed by atoms with van der Waals surface area (Å²) in [4.78, 5) is 20.4. The predicted molar refractivity (Wildman–Crippen MR) is 91.0 cm³/mol.